The Morgan fingerprint density at radius 2 is 2.24 bits per heavy atom. The number of fused-ring (bicyclic) bond motifs is 1. The molecular weight excluding hydrogens is 300 g/mol. The first-order valence-electron chi connectivity index (χ1n) is 6.75. The molecule has 21 heavy (non-hydrogen) atoms. The lowest BCUT2D eigenvalue weighted by atomic mass is 10.3. The maximum atomic E-state index is 14.1. The highest BCUT2D eigenvalue weighted by Gasteiger charge is 2.25. The van der Waals surface area contributed by atoms with Gasteiger partial charge in [0.15, 0.2) is 11.6 Å². The van der Waals surface area contributed by atoms with Crippen molar-refractivity contribution < 1.29 is 13.6 Å². The summed E-state index contributed by atoms with van der Waals surface area (Å²) in [4.78, 5) is 16.2. The zero-order valence-electron chi connectivity index (χ0n) is 11.4. The van der Waals surface area contributed by atoms with Crippen LogP contribution in [0.4, 0.5) is 8.78 Å². The summed E-state index contributed by atoms with van der Waals surface area (Å²) in [7, 11) is 0. The fraction of sp³-hybridized carbons (Fsp3) is 0.429. The molecule has 1 aromatic carbocycles. The second kappa shape index (κ2) is 5.26. The van der Waals surface area contributed by atoms with Gasteiger partial charge in [-0.25, -0.2) is 13.8 Å². The maximum Gasteiger partial charge on any atom is 0.240 e. The smallest absolute Gasteiger partial charge is 0.240 e. The second-order valence-electron chi connectivity index (χ2n) is 5.24. The number of alkyl halides is 1. The first-order chi connectivity index (χ1) is 9.97. The minimum Gasteiger partial charge on any atom is -0.352 e. The van der Waals surface area contributed by atoms with E-state index in [1.54, 1.807) is 6.92 Å². The Kier molecular flexibility index (Phi) is 3.57. The number of hydrogen-bond donors (Lipinski definition) is 1. The largest absolute Gasteiger partial charge is 0.352 e. The number of amides is 1. The highest BCUT2D eigenvalue weighted by atomic mass is 35.5. The average molecular weight is 314 g/mol. The van der Waals surface area contributed by atoms with Crippen molar-refractivity contribution in [3.05, 3.63) is 29.6 Å². The Bertz CT molecular complexity index is 710. The van der Waals surface area contributed by atoms with Crippen LogP contribution in [-0.2, 0) is 11.3 Å². The lowest BCUT2D eigenvalue weighted by Crippen LogP contribution is -2.30. The van der Waals surface area contributed by atoms with Crippen LogP contribution in [0.25, 0.3) is 11.0 Å². The fourth-order valence-electron chi connectivity index (χ4n) is 2.28. The Hall–Kier alpha value is -1.69. The van der Waals surface area contributed by atoms with Gasteiger partial charge in [-0.3, -0.25) is 4.79 Å². The molecule has 7 heteroatoms. The predicted octanol–water partition coefficient (Wildman–Crippen LogP) is 2.89. The van der Waals surface area contributed by atoms with Gasteiger partial charge in [-0.05, 0) is 31.9 Å². The molecule has 1 amide bonds. The summed E-state index contributed by atoms with van der Waals surface area (Å²) >= 11 is 6.04. The third kappa shape index (κ3) is 2.72. The fourth-order valence-corrected chi connectivity index (χ4v) is 2.45. The van der Waals surface area contributed by atoms with E-state index >= 15 is 0 Å². The molecular formula is C14H14ClF2N3O. The molecule has 1 aliphatic rings. The maximum absolute atomic E-state index is 14.1. The number of carbonyl (C=O) groups excluding carboxylic acids is 1. The number of carbonyl (C=O) groups is 1. The molecule has 0 saturated heterocycles. The van der Waals surface area contributed by atoms with Gasteiger partial charge in [0.25, 0.3) is 0 Å². The Morgan fingerprint density at radius 1 is 1.52 bits per heavy atom. The SMILES string of the molecule is CC(Cl)c1nc2ccc(F)c(F)c2n1CC(=O)NC1CC1. The van der Waals surface area contributed by atoms with E-state index in [1.165, 1.54) is 10.6 Å². The molecule has 1 unspecified atom stereocenters. The van der Waals surface area contributed by atoms with Gasteiger partial charge in [0.2, 0.25) is 5.91 Å². The molecule has 1 heterocycles. The Morgan fingerprint density at radius 3 is 2.86 bits per heavy atom. The zero-order valence-corrected chi connectivity index (χ0v) is 12.1. The Labute approximate surface area is 125 Å². The van der Waals surface area contributed by atoms with Crippen LogP contribution in [0.5, 0.6) is 0 Å². The molecule has 1 aliphatic carbocycles. The molecule has 112 valence electrons. The van der Waals surface area contributed by atoms with Crippen molar-refractivity contribution >= 4 is 28.5 Å². The van der Waals surface area contributed by atoms with Crippen molar-refractivity contribution in [2.24, 2.45) is 0 Å². The molecule has 1 saturated carbocycles. The van der Waals surface area contributed by atoms with Gasteiger partial charge in [0.1, 0.15) is 17.9 Å². The average Bonchev–Trinajstić information content (AvgIpc) is 3.14. The Balaban J connectivity index is 2.05. The van der Waals surface area contributed by atoms with Gasteiger partial charge < -0.3 is 9.88 Å². The lowest BCUT2D eigenvalue weighted by Gasteiger charge is -2.11. The first-order valence-corrected chi connectivity index (χ1v) is 7.18. The van der Waals surface area contributed by atoms with Crippen molar-refractivity contribution in [3.63, 3.8) is 0 Å². The summed E-state index contributed by atoms with van der Waals surface area (Å²) in [5.41, 5.74) is 0.263. The van der Waals surface area contributed by atoms with E-state index in [-0.39, 0.29) is 29.5 Å². The van der Waals surface area contributed by atoms with Crippen molar-refractivity contribution in [2.75, 3.05) is 0 Å². The summed E-state index contributed by atoms with van der Waals surface area (Å²) in [6.07, 6.45) is 1.91. The van der Waals surface area contributed by atoms with Gasteiger partial charge in [-0.15, -0.1) is 11.6 Å². The number of benzene rings is 1. The van der Waals surface area contributed by atoms with Crippen LogP contribution in [0.3, 0.4) is 0 Å². The molecule has 0 spiro atoms. The standard InChI is InChI=1S/C14H14ClF2N3O/c1-7(15)14-19-10-5-4-9(16)12(17)13(10)20(14)6-11(21)18-8-2-3-8/h4-5,7-8H,2-3,6H2,1H3,(H,18,21). The first kappa shape index (κ1) is 14.3. The summed E-state index contributed by atoms with van der Waals surface area (Å²) in [5, 5.41) is 2.29. The molecule has 2 aromatic rings. The molecule has 0 aliphatic heterocycles. The van der Waals surface area contributed by atoms with E-state index in [1.807, 2.05) is 0 Å². The van der Waals surface area contributed by atoms with Gasteiger partial charge in [-0.2, -0.15) is 0 Å². The van der Waals surface area contributed by atoms with E-state index < -0.39 is 17.0 Å². The predicted molar refractivity (Wildman–Crippen MR) is 75.1 cm³/mol. The van der Waals surface area contributed by atoms with Crippen LogP contribution in [0.15, 0.2) is 12.1 Å². The van der Waals surface area contributed by atoms with Crippen LogP contribution >= 0.6 is 11.6 Å². The highest BCUT2D eigenvalue weighted by molar-refractivity contribution is 6.20. The van der Waals surface area contributed by atoms with E-state index in [9.17, 15) is 13.6 Å². The summed E-state index contributed by atoms with van der Waals surface area (Å²) in [6.45, 7) is 1.55. The van der Waals surface area contributed by atoms with Crippen molar-refractivity contribution in [2.45, 2.75) is 37.7 Å². The minimum atomic E-state index is -1.01. The third-order valence-electron chi connectivity index (χ3n) is 3.43. The molecule has 1 N–H and O–H groups in total. The van der Waals surface area contributed by atoms with Gasteiger partial charge in [-0.1, -0.05) is 0 Å². The van der Waals surface area contributed by atoms with E-state index in [0.29, 0.717) is 5.82 Å². The molecule has 4 nitrogen and oxygen atoms in total. The van der Waals surface area contributed by atoms with Crippen LogP contribution < -0.4 is 5.32 Å². The molecule has 0 radical (unpaired) electrons. The number of halogens is 3. The van der Waals surface area contributed by atoms with Crippen LogP contribution in [0.2, 0.25) is 0 Å². The van der Waals surface area contributed by atoms with Gasteiger partial charge in [0.05, 0.1) is 10.9 Å². The normalized spacial score (nSPS) is 16.2. The van der Waals surface area contributed by atoms with Crippen molar-refractivity contribution in [3.8, 4) is 0 Å². The second-order valence-corrected chi connectivity index (χ2v) is 5.90. The third-order valence-corrected chi connectivity index (χ3v) is 3.62. The van der Waals surface area contributed by atoms with Crippen molar-refractivity contribution in [1.82, 2.24) is 14.9 Å². The monoisotopic (exact) mass is 313 g/mol. The summed E-state index contributed by atoms with van der Waals surface area (Å²) in [6, 6.07) is 2.60. The van der Waals surface area contributed by atoms with Crippen LogP contribution in [0.1, 0.15) is 31.0 Å². The van der Waals surface area contributed by atoms with E-state index in [0.717, 1.165) is 18.9 Å². The topological polar surface area (TPSA) is 46.9 Å². The number of aromatic nitrogens is 2. The number of nitrogens with zero attached hydrogens (tertiary/aromatic N) is 2. The quantitative estimate of drug-likeness (QED) is 0.882. The highest BCUT2D eigenvalue weighted by Crippen LogP contribution is 2.27. The molecule has 1 aromatic heterocycles. The number of nitrogens with one attached hydrogen (secondary N) is 1. The number of hydrogen-bond acceptors (Lipinski definition) is 2. The van der Waals surface area contributed by atoms with Crippen LogP contribution in [-0.4, -0.2) is 21.5 Å². The molecule has 3 rings (SSSR count). The van der Waals surface area contributed by atoms with Gasteiger partial charge >= 0.3 is 0 Å². The minimum absolute atomic E-state index is 0.0246. The molecule has 1 fully saturated rings. The van der Waals surface area contributed by atoms with E-state index in [2.05, 4.69) is 10.3 Å². The van der Waals surface area contributed by atoms with Gasteiger partial charge in [0, 0.05) is 6.04 Å². The van der Waals surface area contributed by atoms with E-state index in [4.69, 9.17) is 11.6 Å². The summed E-state index contributed by atoms with van der Waals surface area (Å²) in [5.74, 6) is -1.89. The lowest BCUT2D eigenvalue weighted by molar-refractivity contribution is -0.121. The van der Waals surface area contributed by atoms with Crippen LogP contribution in [0, 0.1) is 11.6 Å². The number of rotatable bonds is 4. The summed E-state index contributed by atoms with van der Waals surface area (Å²) < 4.78 is 28.8. The molecule has 1 atom stereocenters. The molecule has 0 bridgehead atoms. The number of imidazole rings is 1. The zero-order chi connectivity index (χ0) is 15.1. The van der Waals surface area contributed by atoms with Crippen molar-refractivity contribution in [1.29, 1.82) is 0 Å².